The second-order valence-electron chi connectivity index (χ2n) is 7.37. The molecule has 2 N–H and O–H groups in total. The van der Waals surface area contributed by atoms with Crippen molar-refractivity contribution in [2.24, 2.45) is 0 Å². The summed E-state index contributed by atoms with van der Waals surface area (Å²) in [6, 6.07) is 13.9. The summed E-state index contributed by atoms with van der Waals surface area (Å²) in [6.45, 7) is 3.52. The Balaban J connectivity index is 1.69. The number of hydrogen-bond acceptors (Lipinski definition) is 5. The minimum Gasteiger partial charge on any atom is -0.486 e. The van der Waals surface area contributed by atoms with Crippen molar-refractivity contribution in [3.05, 3.63) is 72.1 Å². The number of ether oxygens (including phenoxy) is 1. The predicted molar refractivity (Wildman–Crippen MR) is 125 cm³/mol. The number of rotatable bonds is 10. The molecule has 0 spiro atoms. The minimum atomic E-state index is -1.07. The lowest BCUT2D eigenvalue weighted by atomic mass is 10.0. The Kier molecular flexibility index (Phi) is 7.94. The molecule has 7 nitrogen and oxygen atoms in total. The van der Waals surface area contributed by atoms with Crippen LogP contribution < -0.4 is 10.1 Å². The second-order valence-corrected chi connectivity index (χ2v) is 8.25. The standard InChI is InChI=1S/C24H27N3O4S/c1-4-5-22(17-6-8-18(9-7-17)23(28)26-16(2)24(29)30)31-20-12-10-19(11-13-20)27-15-21(32-3)14-25-27/h6-16,22H,4-5H2,1-3H3,(H,26,28)(H,29,30). The van der Waals surface area contributed by atoms with E-state index in [1.165, 1.54) is 6.92 Å². The molecule has 0 aliphatic heterocycles. The van der Waals surface area contributed by atoms with Gasteiger partial charge >= 0.3 is 5.97 Å². The van der Waals surface area contributed by atoms with Crippen molar-refractivity contribution in [2.45, 2.75) is 43.7 Å². The first-order valence-corrected chi connectivity index (χ1v) is 11.6. The lowest BCUT2D eigenvalue weighted by Gasteiger charge is -2.20. The molecule has 0 fully saturated rings. The molecular weight excluding hydrogens is 426 g/mol. The topological polar surface area (TPSA) is 93.5 Å². The average Bonchev–Trinajstić information content (AvgIpc) is 3.28. The first kappa shape index (κ1) is 23.4. The van der Waals surface area contributed by atoms with Crippen LogP contribution in [0.15, 0.2) is 65.8 Å². The number of aromatic nitrogens is 2. The van der Waals surface area contributed by atoms with Gasteiger partial charge in [0.15, 0.2) is 0 Å². The van der Waals surface area contributed by atoms with Gasteiger partial charge < -0.3 is 15.2 Å². The van der Waals surface area contributed by atoms with Crippen LogP contribution in [0.25, 0.3) is 5.69 Å². The Hall–Kier alpha value is -3.26. The zero-order valence-electron chi connectivity index (χ0n) is 18.3. The van der Waals surface area contributed by atoms with Crippen molar-refractivity contribution < 1.29 is 19.4 Å². The summed E-state index contributed by atoms with van der Waals surface area (Å²) in [5.41, 5.74) is 2.32. The third-order valence-electron chi connectivity index (χ3n) is 4.99. The molecule has 0 aliphatic carbocycles. The van der Waals surface area contributed by atoms with Gasteiger partial charge in [-0.1, -0.05) is 25.5 Å². The Morgan fingerprint density at radius 2 is 1.84 bits per heavy atom. The number of carboxylic acid groups (broad SMARTS) is 1. The summed E-state index contributed by atoms with van der Waals surface area (Å²) in [5.74, 6) is -0.741. The van der Waals surface area contributed by atoms with Crippen molar-refractivity contribution in [2.75, 3.05) is 6.26 Å². The van der Waals surface area contributed by atoms with Crippen LogP contribution in [0, 0.1) is 0 Å². The quantitative estimate of drug-likeness (QED) is 0.432. The smallest absolute Gasteiger partial charge is 0.325 e. The Morgan fingerprint density at radius 1 is 1.16 bits per heavy atom. The summed E-state index contributed by atoms with van der Waals surface area (Å²) in [4.78, 5) is 24.2. The van der Waals surface area contributed by atoms with Gasteiger partial charge in [0.2, 0.25) is 0 Å². The Labute approximate surface area is 191 Å². The van der Waals surface area contributed by atoms with Crippen LogP contribution >= 0.6 is 11.8 Å². The van der Waals surface area contributed by atoms with Crippen LogP contribution in [-0.2, 0) is 4.79 Å². The highest BCUT2D eigenvalue weighted by atomic mass is 32.2. The van der Waals surface area contributed by atoms with E-state index in [1.807, 2.05) is 59.7 Å². The Morgan fingerprint density at radius 3 is 2.41 bits per heavy atom. The van der Waals surface area contributed by atoms with Crippen molar-refractivity contribution in [3.63, 3.8) is 0 Å². The molecule has 0 bridgehead atoms. The summed E-state index contributed by atoms with van der Waals surface area (Å²) in [6.07, 6.45) is 7.43. The van der Waals surface area contributed by atoms with E-state index in [2.05, 4.69) is 17.3 Å². The van der Waals surface area contributed by atoms with Crippen LogP contribution in [0.1, 0.15) is 48.7 Å². The van der Waals surface area contributed by atoms with Gasteiger partial charge in [-0.2, -0.15) is 5.10 Å². The molecule has 8 heteroatoms. The molecule has 2 unspecified atom stereocenters. The molecule has 168 valence electrons. The summed E-state index contributed by atoms with van der Waals surface area (Å²) in [7, 11) is 0. The molecule has 1 aromatic heterocycles. The SMILES string of the molecule is CCCC(Oc1ccc(-n2cc(SC)cn2)cc1)c1ccc(C(=O)NC(C)C(=O)O)cc1. The van der Waals surface area contributed by atoms with Gasteiger partial charge in [-0.15, -0.1) is 11.8 Å². The maximum atomic E-state index is 12.2. The van der Waals surface area contributed by atoms with E-state index in [9.17, 15) is 9.59 Å². The fraction of sp³-hybridized carbons (Fsp3) is 0.292. The number of nitrogens with zero attached hydrogens (tertiary/aromatic N) is 2. The second kappa shape index (κ2) is 10.9. The van der Waals surface area contributed by atoms with E-state index >= 15 is 0 Å². The van der Waals surface area contributed by atoms with Gasteiger partial charge in [0.1, 0.15) is 17.9 Å². The number of amides is 1. The fourth-order valence-electron chi connectivity index (χ4n) is 3.14. The van der Waals surface area contributed by atoms with E-state index in [0.29, 0.717) is 5.56 Å². The highest BCUT2D eigenvalue weighted by Crippen LogP contribution is 2.27. The van der Waals surface area contributed by atoms with E-state index in [1.54, 1.807) is 23.9 Å². The van der Waals surface area contributed by atoms with Crippen LogP contribution in [-0.4, -0.2) is 39.1 Å². The van der Waals surface area contributed by atoms with Gasteiger partial charge in [-0.05, 0) is 61.6 Å². The van der Waals surface area contributed by atoms with Gasteiger partial charge in [0, 0.05) is 16.7 Å². The van der Waals surface area contributed by atoms with E-state index in [-0.39, 0.29) is 6.10 Å². The summed E-state index contributed by atoms with van der Waals surface area (Å²) >= 11 is 1.65. The van der Waals surface area contributed by atoms with Crippen molar-refractivity contribution in [1.29, 1.82) is 0 Å². The molecule has 2 atom stereocenters. The van der Waals surface area contributed by atoms with E-state index < -0.39 is 17.9 Å². The molecule has 3 aromatic rings. The molecule has 0 saturated heterocycles. The number of carbonyl (C=O) groups is 2. The van der Waals surface area contributed by atoms with Crippen LogP contribution in [0.4, 0.5) is 0 Å². The van der Waals surface area contributed by atoms with Crippen LogP contribution in [0.2, 0.25) is 0 Å². The predicted octanol–water partition coefficient (Wildman–Crippen LogP) is 4.72. The third-order valence-corrected chi connectivity index (χ3v) is 5.67. The van der Waals surface area contributed by atoms with Gasteiger partial charge in [-0.25, -0.2) is 4.68 Å². The van der Waals surface area contributed by atoms with Crippen molar-refractivity contribution >= 4 is 23.6 Å². The van der Waals surface area contributed by atoms with Gasteiger partial charge in [-0.3, -0.25) is 9.59 Å². The van der Waals surface area contributed by atoms with Crippen LogP contribution in [0.5, 0.6) is 5.75 Å². The van der Waals surface area contributed by atoms with Crippen molar-refractivity contribution in [3.8, 4) is 11.4 Å². The molecule has 2 aromatic carbocycles. The maximum absolute atomic E-state index is 12.2. The summed E-state index contributed by atoms with van der Waals surface area (Å²) < 4.78 is 8.07. The molecular formula is C24H27N3O4S. The van der Waals surface area contributed by atoms with Gasteiger partial charge in [0.05, 0.1) is 11.9 Å². The number of hydrogen-bond donors (Lipinski definition) is 2. The minimum absolute atomic E-state index is 0.159. The highest BCUT2D eigenvalue weighted by Gasteiger charge is 2.17. The number of carbonyl (C=O) groups excluding carboxylic acids is 1. The fourth-order valence-corrected chi connectivity index (χ4v) is 3.50. The zero-order chi connectivity index (χ0) is 23.1. The number of aliphatic carboxylic acids is 1. The monoisotopic (exact) mass is 453 g/mol. The van der Waals surface area contributed by atoms with Crippen molar-refractivity contribution in [1.82, 2.24) is 15.1 Å². The molecule has 1 heterocycles. The lowest BCUT2D eigenvalue weighted by molar-refractivity contribution is -0.138. The van der Waals surface area contributed by atoms with E-state index in [0.717, 1.165) is 34.7 Å². The largest absolute Gasteiger partial charge is 0.486 e. The lowest BCUT2D eigenvalue weighted by Crippen LogP contribution is -2.38. The third kappa shape index (κ3) is 5.91. The summed E-state index contributed by atoms with van der Waals surface area (Å²) in [5, 5.41) is 15.8. The zero-order valence-corrected chi connectivity index (χ0v) is 19.1. The van der Waals surface area contributed by atoms with Crippen LogP contribution in [0.3, 0.4) is 0 Å². The highest BCUT2D eigenvalue weighted by molar-refractivity contribution is 7.98. The molecule has 1 amide bonds. The first-order chi connectivity index (χ1) is 15.4. The molecule has 3 rings (SSSR count). The number of thioether (sulfide) groups is 1. The average molecular weight is 454 g/mol. The van der Waals surface area contributed by atoms with E-state index in [4.69, 9.17) is 9.84 Å². The van der Waals surface area contributed by atoms with Gasteiger partial charge in [0.25, 0.3) is 5.91 Å². The molecule has 0 radical (unpaired) electrons. The number of carboxylic acids is 1. The molecule has 0 saturated carbocycles. The maximum Gasteiger partial charge on any atom is 0.325 e. The molecule has 32 heavy (non-hydrogen) atoms. The molecule has 0 aliphatic rings. The number of benzene rings is 2. The Bertz CT molecular complexity index is 1050. The first-order valence-electron chi connectivity index (χ1n) is 10.4. The normalized spacial score (nSPS) is 12.7. The number of nitrogens with one attached hydrogen (secondary N) is 1.